The first-order valence-electron chi connectivity index (χ1n) is 13.4. The second kappa shape index (κ2) is 10.8. The number of esters is 1. The summed E-state index contributed by atoms with van der Waals surface area (Å²) in [5.74, 6) is 1.88. The van der Waals surface area contributed by atoms with Gasteiger partial charge in [-0.3, -0.25) is 0 Å². The lowest BCUT2D eigenvalue weighted by molar-refractivity contribution is 0.0525. The third-order valence-electron chi connectivity index (χ3n) is 7.49. The highest BCUT2D eigenvalue weighted by molar-refractivity contribution is 5.92. The van der Waals surface area contributed by atoms with E-state index in [0.717, 1.165) is 71.5 Å². The van der Waals surface area contributed by atoms with Gasteiger partial charge in [0.2, 0.25) is 0 Å². The van der Waals surface area contributed by atoms with Crippen molar-refractivity contribution in [1.29, 1.82) is 0 Å². The van der Waals surface area contributed by atoms with Crippen LogP contribution in [0.25, 0.3) is 0 Å². The van der Waals surface area contributed by atoms with Crippen molar-refractivity contribution in [3.8, 4) is 17.2 Å². The molecule has 0 saturated carbocycles. The predicted molar refractivity (Wildman–Crippen MR) is 148 cm³/mol. The molecule has 1 fully saturated rings. The molecule has 194 valence electrons. The van der Waals surface area contributed by atoms with E-state index in [1.54, 1.807) is 7.11 Å². The maximum absolute atomic E-state index is 13.0. The number of benzene rings is 3. The normalized spacial score (nSPS) is 16.0. The van der Waals surface area contributed by atoms with E-state index in [4.69, 9.17) is 14.2 Å². The standard InChI is InChI=1S/C31H36N2O4/c1-5-32(6-2)21-14-15-24-27(18-21)37-28-20-29(35-4)26(33-16-10-11-17-33)19-25(28)30(24)22-12-8-9-13-23(22)31(34)36-7-3/h8-9,12-15,18-20,30H,5-7,10-11,16-17H2,1-4H3. The van der Waals surface area contributed by atoms with Gasteiger partial charge in [0, 0.05) is 61.0 Å². The Kier molecular flexibility index (Phi) is 7.26. The Hall–Kier alpha value is -3.67. The summed E-state index contributed by atoms with van der Waals surface area (Å²) in [6.45, 7) is 10.3. The molecule has 2 aliphatic heterocycles. The summed E-state index contributed by atoms with van der Waals surface area (Å²) in [5, 5.41) is 0. The van der Waals surface area contributed by atoms with Gasteiger partial charge < -0.3 is 24.0 Å². The number of carbonyl (C=O) groups excluding carboxylic acids is 1. The maximum atomic E-state index is 13.0. The minimum Gasteiger partial charge on any atom is -0.494 e. The van der Waals surface area contributed by atoms with Gasteiger partial charge in [0.1, 0.15) is 17.2 Å². The van der Waals surface area contributed by atoms with Gasteiger partial charge in [0.15, 0.2) is 0 Å². The van der Waals surface area contributed by atoms with Crippen molar-refractivity contribution < 1.29 is 19.0 Å². The summed E-state index contributed by atoms with van der Waals surface area (Å²) in [4.78, 5) is 17.7. The van der Waals surface area contributed by atoms with Crippen molar-refractivity contribution >= 4 is 17.3 Å². The van der Waals surface area contributed by atoms with Crippen LogP contribution in [0.1, 0.15) is 66.6 Å². The molecular weight excluding hydrogens is 464 g/mol. The van der Waals surface area contributed by atoms with E-state index in [1.807, 2.05) is 37.3 Å². The average Bonchev–Trinajstić information content (AvgIpc) is 3.47. The third kappa shape index (κ3) is 4.61. The van der Waals surface area contributed by atoms with Crippen LogP contribution in [0.3, 0.4) is 0 Å². The van der Waals surface area contributed by atoms with Crippen molar-refractivity contribution in [3.63, 3.8) is 0 Å². The lowest BCUT2D eigenvalue weighted by atomic mass is 9.80. The van der Waals surface area contributed by atoms with E-state index in [-0.39, 0.29) is 11.9 Å². The molecule has 0 N–H and O–H groups in total. The van der Waals surface area contributed by atoms with E-state index >= 15 is 0 Å². The predicted octanol–water partition coefficient (Wildman–Crippen LogP) is 6.60. The first kappa shape index (κ1) is 25.0. The summed E-state index contributed by atoms with van der Waals surface area (Å²) in [6, 6.07) is 18.4. The molecule has 2 aliphatic rings. The second-order valence-corrected chi connectivity index (χ2v) is 9.49. The Balaban J connectivity index is 1.72. The van der Waals surface area contributed by atoms with Crippen molar-refractivity contribution in [3.05, 3.63) is 76.9 Å². The molecule has 5 rings (SSSR count). The van der Waals surface area contributed by atoms with Crippen LogP contribution in [0.5, 0.6) is 17.2 Å². The van der Waals surface area contributed by atoms with Crippen molar-refractivity contribution in [2.75, 3.05) is 49.7 Å². The molecule has 0 aromatic heterocycles. The molecule has 1 saturated heterocycles. The van der Waals surface area contributed by atoms with E-state index in [2.05, 4.69) is 47.9 Å². The van der Waals surface area contributed by atoms with E-state index in [9.17, 15) is 4.79 Å². The number of anilines is 2. The Bertz CT molecular complexity index is 1280. The fraction of sp³-hybridized carbons (Fsp3) is 0.387. The molecule has 0 amide bonds. The van der Waals surface area contributed by atoms with E-state index in [1.165, 1.54) is 12.8 Å². The molecule has 6 heteroatoms. The minimum absolute atomic E-state index is 0.183. The van der Waals surface area contributed by atoms with Gasteiger partial charge >= 0.3 is 5.97 Å². The quantitative estimate of drug-likeness (QED) is 0.254. The van der Waals surface area contributed by atoms with Gasteiger partial charge in [-0.05, 0) is 57.4 Å². The van der Waals surface area contributed by atoms with Crippen LogP contribution in [0.4, 0.5) is 11.4 Å². The number of nitrogens with zero attached hydrogens (tertiary/aromatic N) is 2. The summed E-state index contributed by atoms with van der Waals surface area (Å²) >= 11 is 0. The summed E-state index contributed by atoms with van der Waals surface area (Å²) in [6.07, 6.45) is 2.34. The van der Waals surface area contributed by atoms with Crippen molar-refractivity contribution in [1.82, 2.24) is 0 Å². The molecule has 3 aromatic rings. The van der Waals surface area contributed by atoms with Gasteiger partial charge in [-0.1, -0.05) is 24.3 Å². The van der Waals surface area contributed by atoms with Gasteiger partial charge in [0.05, 0.1) is 25.0 Å². The number of hydrogen-bond acceptors (Lipinski definition) is 6. The summed E-state index contributed by atoms with van der Waals surface area (Å²) < 4.78 is 17.9. The number of fused-ring (bicyclic) bond motifs is 2. The second-order valence-electron chi connectivity index (χ2n) is 9.49. The highest BCUT2D eigenvalue weighted by Crippen LogP contribution is 2.52. The highest BCUT2D eigenvalue weighted by Gasteiger charge is 2.34. The van der Waals surface area contributed by atoms with Crippen LogP contribution < -0.4 is 19.3 Å². The average molecular weight is 501 g/mol. The molecule has 0 spiro atoms. The molecule has 0 radical (unpaired) electrons. The Morgan fingerprint density at radius 3 is 2.38 bits per heavy atom. The molecular formula is C31H36N2O4. The number of rotatable bonds is 8. The zero-order valence-corrected chi connectivity index (χ0v) is 22.3. The maximum Gasteiger partial charge on any atom is 0.338 e. The zero-order valence-electron chi connectivity index (χ0n) is 22.3. The smallest absolute Gasteiger partial charge is 0.338 e. The van der Waals surface area contributed by atoms with Crippen LogP contribution in [0.15, 0.2) is 54.6 Å². The SMILES string of the molecule is CCOC(=O)c1ccccc1C1c2ccc(N(CC)CC)cc2Oc2cc(OC)c(N3CCCC3)cc21. The Morgan fingerprint density at radius 1 is 0.946 bits per heavy atom. The summed E-state index contributed by atoms with van der Waals surface area (Å²) in [5.41, 5.74) is 5.76. The number of ether oxygens (including phenoxy) is 3. The molecule has 37 heavy (non-hydrogen) atoms. The molecule has 0 aliphatic carbocycles. The molecule has 6 nitrogen and oxygen atoms in total. The molecule has 2 heterocycles. The summed E-state index contributed by atoms with van der Waals surface area (Å²) in [7, 11) is 1.71. The van der Waals surface area contributed by atoms with Crippen LogP contribution in [0, 0.1) is 0 Å². The van der Waals surface area contributed by atoms with Crippen LogP contribution in [0.2, 0.25) is 0 Å². The topological polar surface area (TPSA) is 51.2 Å². The molecule has 1 atom stereocenters. The van der Waals surface area contributed by atoms with Gasteiger partial charge in [-0.25, -0.2) is 4.79 Å². The molecule has 1 unspecified atom stereocenters. The monoisotopic (exact) mass is 500 g/mol. The minimum atomic E-state index is -0.305. The lowest BCUT2D eigenvalue weighted by Crippen LogP contribution is -2.23. The fourth-order valence-corrected chi connectivity index (χ4v) is 5.65. The molecule has 0 bridgehead atoms. The van der Waals surface area contributed by atoms with Gasteiger partial charge in [0.25, 0.3) is 0 Å². The van der Waals surface area contributed by atoms with Crippen molar-refractivity contribution in [2.45, 2.75) is 39.5 Å². The van der Waals surface area contributed by atoms with Crippen LogP contribution in [-0.4, -0.2) is 45.9 Å². The largest absolute Gasteiger partial charge is 0.494 e. The Labute approximate surface area is 219 Å². The van der Waals surface area contributed by atoms with Gasteiger partial charge in [-0.2, -0.15) is 0 Å². The van der Waals surface area contributed by atoms with Gasteiger partial charge in [-0.15, -0.1) is 0 Å². The van der Waals surface area contributed by atoms with E-state index < -0.39 is 0 Å². The number of carbonyl (C=O) groups is 1. The highest BCUT2D eigenvalue weighted by atomic mass is 16.5. The first-order chi connectivity index (χ1) is 18.1. The zero-order chi connectivity index (χ0) is 25.9. The fourth-order valence-electron chi connectivity index (χ4n) is 5.65. The van der Waals surface area contributed by atoms with Crippen LogP contribution >= 0.6 is 0 Å². The number of methoxy groups -OCH3 is 1. The van der Waals surface area contributed by atoms with Crippen molar-refractivity contribution in [2.24, 2.45) is 0 Å². The first-order valence-corrected chi connectivity index (χ1v) is 13.4. The lowest BCUT2D eigenvalue weighted by Gasteiger charge is -2.33. The molecule has 3 aromatic carbocycles. The number of hydrogen-bond donors (Lipinski definition) is 0. The van der Waals surface area contributed by atoms with E-state index in [0.29, 0.717) is 12.2 Å². The van der Waals surface area contributed by atoms with Crippen LogP contribution in [-0.2, 0) is 4.74 Å². The third-order valence-corrected chi connectivity index (χ3v) is 7.49. The Morgan fingerprint density at radius 2 is 1.68 bits per heavy atom.